The monoisotopic (exact) mass is 375 g/mol. The summed E-state index contributed by atoms with van der Waals surface area (Å²) >= 11 is 6.02. The van der Waals surface area contributed by atoms with Crippen LogP contribution in [0, 0.1) is 0 Å². The van der Waals surface area contributed by atoms with Crippen molar-refractivity contribution < 1.29 is 9.90 Å². The maximum atomic E-state index is 12.0. The third-order valence-corrected chi connectivity index (χ3v) is 5.26. The van der Waals surface area contributed by atoms with Gasteiger partial charge in [-0.1, -0.05) is 16.8 Å². The van der Waals surface area contributed by atoms with Crippen LogP contribution in [0.15, 0.2) is 24.4 Å². The van der Waals surface area contributed by atoms with Gasteiger partial charge in [0.2, 0.25) is 0 Å². The average Bonchev–Trinajstić information content (AvgIpc) is 3.31. The zero-order valence-electron chi connectivity index (χ0n) is 14.4. The third-order valence-electron chi connectivity index (χ3n) is 5.02. The molecule has 2 fully saturated rings. The lowest BCUT2D eigenvalue weighted by atomic mass is 10.0. The Hall–Kier alpha value is -2.12. The van der Waals surface area contributed by atoms with Gasteiger partial charge in [-0.3, -0.25) is 9.69 Å². The Morgan fingerprint density at radius 2 is 2.04 bits per heavy atom. The van der Waals surface area contributed by atoms with Crippen LogP contribution < -0.4 is 5.32 Å². The SMILES string of the molecule is O=C(NC1CC1)c1cn(C2CCN(Cc3cc(Cl)ccc3O)CC2)nn1. The van der Waals surface area contributed by atoms with Gasteiger partial charge >= 0.3 is 0 Å². The van der Waals surface area contributed by atoms with Crippen molar-refractivity contribution in [2.24, 2.45) is 0 Å². The zero-order valence-corrected chi connectivity index (χ0v) is 15.2. The first kappa shape index (κ1) is 17.3. The number of carbonyl (C=O) groups is 1. The number of aromatic hydroxyl groups is 1. The molecule has 1 aromatic heterocycles. The number of benzene rings is 1. The molecular weight excluding hydrogens is 354 g/mol. The van der Waals surface area contributed by atoms with Crippen molar-refractivity contribution in [1.29, 1.82) is 0 Å². The summed E-state index contributed by atoms with van der Waals surface area (Å²) in [6.07, 6.45) is 5.71. The van der Waals surface area contributed by atoms with E-state index in [-0.39, 0.29) is 17.7 Å². The van der Waals surface area contributed by atoms with Crippen molar-refractivity contribution in [2.75, 3.05) is 13.1 Å². The largest absolute Gasteiger partial charge is 0.508 e. The normalized spacial score (nSPS) is 18.8. The van der Waals surface area contributed by atoms with Crippen molar-refractivity contribution >= 4 is 17.5 Å². The molecule has 2 N–H and O–H groups in total. The highest BCUT2D eigenvalue weighted by molar-refractivity contribution is 6.30. The molecule has 1 saturated carbocycles. The molecule has 0 unspecified atom stereocenters. The Labute approximate surface area is 156 Å². The summed E-state index contributed by atoms with van der Waals surface area (Å²) in [5.74, 6) is 0.145. The molecule has 0 spiro atoms. The second-order valence-electron chi connectivity index (χ2n) is 7.11. The molecule has 0 bridgehead atoms. The maximum absolute atomic E-state index is 12.0. The first-order valence-corrected chi connectivity index (χ1v) is 9.39. The van der Waals surface area contributed by atoms with Crippen molar-refractivity contribution in [3.8, 4) is 5.75 Å². The number of nitrogens with zero attached hydrogens (tertiary/aromatic N) is 4. The summed E-state index contributed by atoms with van der Waals surface area (Å²) in [6.45, 7) is 2.45. The molecule has 2 aliphatic rings. The summed E-state index contributed by atoms with van der Waals surface area (Å²) in [4.78, 5) is 14.3. The maximum Gasteiger partial charge on any atom is 0.273 e. The van der Waals surface area contributed by atoms with E-state index in [2.05, 4.69) is 20.5 Å². The molecule has 1 amide bonds. The minimum atomic E-state index is -0.132. The Bertz CT molecular complexity index is 797. The van der Waals surface area contributed by atoms with Crippen molar-refractivity contribution in [1.82, 2.24) is 25.2 Å². The molecular formula is C18H22ClN5O2. The molecule has 26 heavy (non-hydrogen) atoms. The van der Waals surface area contributed by atoms with Crippen LogP contribution in [0.25, 0.3) is 0 Å². The highest BCUT2D eigenvalue weighted by atomic mass is 35.5. The predicted octanol–water partition coefficient (Wildman–Crippen LogP) is 2.37. The number of phenolic OH excluding ortho intramolecular Hbond substituents is 1. The minimum Gasteiger partial charge on any atom is -0.508 e. The van der Waals surface area contributed by atoms with Gasteiger partial charge in [-0.2, -0.15) is 0 Å². The van der Waals surface area contributed by atoms with E-state index in [1.807, 2.05) is 10.7 Å². The molecule has 2 heterocycles. The van der Waals surface area contributed by atoms with Crippen LogP contribution in [-0.4, -0.2) is 50.0 Å². The van der Waals surface area contributed by atoms with E-state index in [4.69, 9.17) is 11.6 Å². The van der Waals surface area contributed by atoms with Gasteiger partial charge in [-0.15, -0.1) is 5.10 Å². The number of carbonyl (C=O) groups excluding carboxylic acids is 1. The molecule has 8 heteroatoms. The van der Waals surface area contributed by atoms with E-state index in [0.29, 0.717) is 23.3 Å². The molecule has 1 aliphatic carbocycles. The van der Waals surface area contributed by atoms with Gasteiger partial charge in [-0.25, -0.2) is 4.68 Å². The van der Waals surface area contributed by atoms with E-state index in [9.17, 15) is 9.90 Å². The lowest BCUT2D eigenvalue weighted by Gasteiger charge is -2.31. The number of halogens is 1. The number of piperidine rings is 1. The number of amides is 1. The number of rotatable bonds is 5. The van der Waals surface area contributed by atoms with Crippen LogP contribution in [0.5, 0.6) is 5.75 Å². The van der Waals surface area contributed by atoms with E-state index in [0.717, 1.165) is 44.3 Å². The Morgan fingerprint density at radius 1 is 1.27 bits per heavy atom. The first-order chi connectivity index (χ1) is 12.6. The average molecular weight is 376 g/mol. The summed E-state index contributed by atoms with van der Waals surface area (Å²) in [7, 11) is 0. The van der Waals surface area contributed by atoms with Crippen molar-refractivity contribution in [3.05, 3.63) is 40.7 Å². The van der Waals surface area contributed by atoms with Gasteiger partial charge in [-0.05, 0) is 43.9 Å². The standard InChI is InChI=1S/C18H22ClN5O2/c19-13-1-4-17(25)12(9-13)10-23-7-5-15(6-8-23)24-11-16(21-22-24)18(26)20-14-2-3-14/h1,4,9,11,14-15,25H,2-3,5-8,10H2,(H,20,26). The second-order valence-corrected chi connectivity index (χ2v) is 7.55. The van der Waals surface area contributed by atoms with Gasteiger partial charge in [0, 0.05) is 36.3 Å². The van der Waals surface area contributed by atoms with Crippen LogP contribution in [0.1, 0.15) is 47.8 Å². The van der Waals surface area contributed by atoms with Crippen molar-refractivity contribution in [2.45, 2.75) is 44.3 Å². The fourth-order valence-electron chi connectivity index (χ4n) is 3.31. The van der Waals surface area contributed by atoms with Gasteiger partial charge in [0.25, 0.3) is 5.91 Å². The minimum absolute atomic E-state index is 0.132. The molecule has 1 saturated heterocycles. The molecule has 4 rings (SSSR count). The molecule has 7 nitrogen and oxygen atoms in total. The summed E-state index contributed by atoms with van der Waals surface area (Å²) in [6, 6.07) is 5.70. The van der Waals surface area contributed by atoms with E-state index < -0.39 is 0 Å². The number of hydrogen-bond acceptors (Lipinski definition) is 5. The number of hydrogen-bond donors (Lipinski definition) is 2. The third kappa shape index (κ3) is 3.99. The first-order valence-electron chi connectivity index (χ1n) is 9.01. The van der Waals surface area contributed by atoms with E-state index in [1.165, 1.54) is 0 Å². The zero-order chi connectivity index (χ0) is 18.1. The highest BCUT2D eigenvalue weighted by Crippen LogP contribution is 2.27. The molecule has 1 aromatic carbocycles. The number of nitrogens with one attached hydrogen (secondary N) is 1. The second kappa shape index (κ2) is 7.25. The molecule has 2 aromatic rings. The van der Waals surface area contributed by atoms with Gasteiger partial charge in [0.05, 0.1) is 12.2 Å². The Morgan fingerprint density at radius 3 is 2.77 bits per heavy atom. The Kier molecular flexibility index (Phi) is 4.82. The summed E-state index contributed by atoms with van der Waals surface area (Å²) < 4.78 is 1.82. The van der Waals surface area contributed by atoms with Gasteiger partial charge in [0.1, 0.15) is 5.75 Å². The van der Waals surface area contributed by atoms with Gasteiger partial charge < -0.3 is 10.4 Å². The fourth-order valence-corrected chi connectivity index (χ4v) is 3.50. The van der Waals surface area contributed by atoms with Crippen molar-refractivity contribution in [3.63, 3.8) is 0 Å². The summed E-state index contributed by atoms with van der Waals surface area (Å²) in [5.41, 5.74) is 1.24. The van der Waals surface area contributed by atoms with Crippen LogP contribution in [0.2, 0.25) is 5.02 Å². The summed E-state index contributed by atoms with van der Waals surface area (Å²) in [5, 5.41) is 21.7. The smallest absolute Gasteiger partial charge is 0.273 e. The topological polar surface area (TPSA) is 83.3 Å². The van der Waals surface area contributed by atoms with Crippen LogP contribution in [0.3, 0.4) is 0 Å². The van der Waals surface area contributed by atoms with Crippen LogP contribution >= 0.6 is 11.6 Å². The number of phenols is 1. The molecule has 0 radical (unpaired) electrons. The molecule has 138 valence electrons. The Balaban J connectivity index is 1.32. The lowest BCUT2D eigenvalue weighted by molar-refractivity contribution is 0.0946. The predicted molar refractivity (Wildman–Crippen MR) is 97.2 cm³/mol. The van der Waals surface area contributed by atoms with Crippen LogP contribution in [0.4, 0.5) is 0 Å². The number of aromatic nitrogens is 3. The fraction of sp³-hybridized carbons (Fsp3) is 0.500. The van der Waals surface area contributed by atoms with Crippen LogP contribution in [-0.2, 0) is 6.54 Å². The van der Waals surface area contributed by atoms with E-state index >= 15 is 0 Å². The molecule has 1 aliphatic heterocycles. The lowest BCUT2D eigenvalue weighted by Crippen LogP contribution is -2.34. The quantitative estimate of drug-likeness (QED) is 0.838. The van der Waals surface area contributed by atoms with Gasteiger partial charge in [0.15, 0.2) is 5.69 Å². The molecule has 0 atom stereocenters. The number of likely N-dealkylation sites (tertiary alicyclic amines) is 1. The van der Waals surface area contributed by atoms with E-state index in [1.54, 1.807) is 18.3 Å². The highest BCUT2D eigenvalue weighted by Gasteiger charge is 2.26.